The van der Waals surface area contributed by atoms with Crippen molar-refractivity contribution < 1.29 is 18.7 Å². The monoisotopic (exact) mass is 486 g/mol. The molecular formula is C26H47ClO4Si. The summed E-state index contributed by atoms with van der Waals surface area (Å²) in [5, 5.41) is 0. The van der Waals surface area contributed by atoms with E-state index in [1.807, 2.05) is 12.2 Å². The highest BCUT2D eigenvalue weighted by molar-refractivity contribution is 6.77. The van der Waals surface area contributed by atoms with E-state index in [1.165, 1.54) is 18.8 Å². The third kappa shape index (κ3) is 9.94. The van der Waals surface area contributed by atoms with Gasteiger partial charge in [0.25, 0.3) is 0 Å². The van der Waals surface area contributed by atoms with Gasteiger partial charge in [-0.3, -0.25) is 0 Å². The van der Waals surface area contributed by atoms with Crippen LogP contribution in [0.15, 0.2) is 36.0 Å². The van der Waals surface area contributed by atoms with Crippen LogP contribution in [0, 0.1) is 5.92 Å². The molecule has 0 fully saturated rings. The maximum Gasteiger partial charge on any atom is 0.330 e. The number of carbonyl (C=O) groups excluding carboxylic acids is 1. The molecule has 0 aromatic rings. The molecule has 0 saturated carbocycles. The molecule has 0 rings (SSSR count). The van der Waals surface area contributed by atoms with Gasteiger partial charge in [-0.1, -0.05) is 78.3 Å². The number of allylic oxidation sites excluding steroid dienone is 3. The lowest BCUT2D eigenvalue weighted by Crippen LogP contribution is -2.50. The van der Waals surface area contributed by atoms with Gasteiger partial charge in [0.2, 0.25) is 8.32 Å². The standard InChI is InChI=1S/C26H47ClO4Si/c1-19(2)32(20(3)4,21(5)6)31-24(18-27)17-22(7)15-16-25(29-9)23(8)13-11-12-14-26(28)30-10/h11-14,17,19-21,23-25H,15-16,18H2,1-10H3/b13-11+,14-12+,22-17-/t23-,24?,25-/m0/s1. The summed E-state index contributed by atoms with van der Waals surface area (Å²) in [6.45, 7) is 18.1. The van der Waals surface area contributed by atoms with Crippen molar-refractivity contribution in [1.29, 1.82) is 0 Å². The van der Waals surface area contributed by atoms with Crippen LogP contribution >= 0.6 is 11.6 Å². The summed E-state index contributed by atoms with van der Waals surface area (Å²) in [4.78, 5) is 11.1. The van der Waals surface area contributed by atoms with E-state index in [0.717, 1.165) is 12.8 Å². The molecule has 0 bridgehead atoms. The minimum atomic E-state index is -1.98. The molecule has 0 spiro atoms. The van der Waals surface area contributed by atoms with Gasteiger partial charge in [0.1, 0.15) is 0 Å². The number of alkyl halides is 1. The molecule has 0 N–H and O–H groups in total. The van der Waals surface area contributed by atoms with Crippen molar-refractivity contribution >= 4 is 25.9 Å². The molecule has 0 aliphatic heterocycles. The van der Waals surface area contributed by atoms with Crippen LogP contribution in [0.3, 0.4) is 0 Å². The molecule has 6 heteroatoms. The number of hydrogen-bond acceptors (Lipinski definition) is 4. The first-order valence-electron chi connectivity index (χ1n) is 11.8. The topological polar surface area (TPSA) is 44.8 Å². The molecule has 0 heterocycles. The van der Waals surface area contributed by atoms with Gasteiger partial charge in [-0.15, -0.1) is 11.6 Å². The summed E-state index contributed by atoms with van der Waals surface area (Å²) < 4.78 is 17.2. The molecule has 0 aromatic carbocycles. The molecule has 186 valence electrons. The molecule has 0 saturated heterocycles. The third-order valence-electron chi connectivity index (χ3n) is 6.36. The Labute approximate surface area is 203 Å². The largest absolute Gasteiger partial charge is 0.466 e. The van der Waals surface area contributed by atoms with Crippen molar-refractivity contribution in [2.75, 3.05) is 20.1 Å². The summed E-state index contributed by atoms with van der Waals surface area (Å²) in [5.41, 5.74) is 2.86. The van der Waals surface area contributed by atoms with Crippen LogP contribution in [0.5, 0.6) is 0 Å². The summed E-state index contributed by atoms with van der Waals surface area (Å²) in [5.74, 6) is 0.331. The van der Waals surface area contributed by atoms with Crippen LogP contribution in [0.25, 0.3) is 0 Å². The number of methoxy groups -OCH3 is 2. The lowest BCUT2D eigenvalue weighted by Gasteiger charge is -2.44. The Morgan fingerprint density at radius 1 is 0.969 bits per heavy atom. The fraction of sp³-hybridized carbons (Fsp3) is 0.731. The van der Waals surface area contributed by atoms with Gasteiger partial charge in [0.15, 0.2) is 0 Å². The van der Waals surface area contributed by atoms with Crippen LogP contribution in [-0.2, 0) is 18.7 Å². The zero-order valence-corrected chi connectivity index (χ0v) is 23.7. The first-order chi connectivity index (χ1) is 15.0. The predicted octanol–water partition coefficient (Wildman–Crippen LogP) is 7.45. The van der Waals surface area contributed by atoms with Gasteiger partial charge in [-0.2, -0.15) is 0 Å². The van der Waals surface area contributed by atoms with Crippen molar-refractivity contribution in [2.45, 2.75) is 97.1 Å². The first kappa shape index (κ1) is 31.1. The number of hydrogen-bond donors (Lipinski definition) is 0. The molecule has 4 nitrogen and oxygen atoms in total. The second-order valence-electron chi connectivity index (χ2n) is 9.58. The average molecular weight is 487 g/mol. The predicted molar refractivity (Wildman–Crippen MR) is 140 cm³/mol. The number of esters is 1. The van der Waals surface area contributed by atoms with Gasteiger partial charge in [-0.05, 0) is 36.4 Å². The van der Waals surface area contributed by atoms with Crippen molar-refractivity contribution in [1.82, 2.24) is 0 Å². The smallest absolute Gasteiger partial charge is 0.330 e. The van der Waals surface area contributed by atoms with E-state index in [4.69, 9.17) is 20.8 Å². The second-order valence-corrected chi connectivity index (χ2v) is 15.3. The molecule has 0 amide bonds. The van der Waals surface area contributed by atoms with E-state index < -0.39 is 8.32 Å². The lowest BCUT2D eigenvalue weighted by molar-refractivity contribution is -0.134. The Bertz CT molecular complexity index is 604. The maximum absolute atomic E-state index is 11.1. The van der Waals surface area contributed by atoms with Gasteiger partial charge >= 0.3 is 5.97 Å². The number of rotatable bonds is 15. The van der Waals surface area contributed by atoms with E-state index >= 15 is 0 Å². The second kappa shape index (κ2) is 15.9. The molecule has 0 radical (unpaired) electrons. The summed E-state index contributed by atoms with van der Waals surface area (Å²) in [7, 11) is 1.13. The fourth-order valence-corrected chi connectivity index (χ4v) is 10.5. The lowest BCUT2D eigenvalue weighted by atomic mass is 9.97. The van der Waals surface area contributed by atoms with Crippen molar-refractivity contribution in [3.8, 4) is 0 Å². The normalized spacial score (nSPS) is 16.5. The molecule has 0 aliphatic carbocycles. The van der Waals surface area contributed by atoms with E-state index in [1.54, 1.807) is 13.2 Å². The fourth-order valence-electron chi connectivity index (χ4n) is 4.71. The van der Waals surface area contributed by atoms with Crippen LogP contribution < -0.4 is 0 Å². The van der Waals surface area contributed by atoms with Crippen molar-refractivity contribution in [2.24, 2.45) is 5.92 Å². The molecule has 3 atom stereocenters. The van der Waals surface area contributed by atoms with Crippen LogP contribution in [-0.4, -0.2) is 46.6 Å². The molecule has 32 heavy (non-hydrogen) atoms. The van der Waals surface area contributed by atoms with E-state index in [-0.39, 0.29) is 24.1 Å². The van der Waals surface area contributed by atoms with Crippen LogP contribution in [0.1, 0.15) is 68.2 Å². The zero-order valence-electron chi connectivity index (χ0n) is 22.0. The van der Waals surface area contributed by atoms with Gasteiger partial charge in [-0.25, -0.2) is 4.79 Å². The first-order valence-corrected chi connectivity index (χ1v) is 14.5. The Kier molecular flexibility index (Phi) is 15.4. The third-order valence-corrected chi connectivity index (χ3v) is 12.8. The highest BCUT2D eigenvalue weighted by atomic mass is 35.5. The molecule has 0 aliphatic rings. The Hall–Kier alpha value is -0.883. The number of ether oxygens (including phenoxy) is 2. The van der Waals surface area contributed by atoms with Crippen LogP contribution in [0.2, 0.25) is 16.6 Å². The zero-order chi connectivity index (χ0) is 24.9. The molecule has 1 unspecified atom stereocenters. The van der Waals surface area contributed by atoms with Gasteiger partial charge < -0.3 is 13.9 Å². The highest BCUT2D eigenvalue weighted by Crippen LogP contribution is 2.43. The van der Waals surface area contributed by atoms with E-state index in [2.05, 4.69) is 66.2 Å². The molecular weight excluding hydrogens is 440 g/mol. The maximum atomic E-state index is 11.1. The minimum Gasteiger partial charge on any atom is -0.466 e. The van der Waals surface area contributed by atoms with E-state index in [9.17, 15) is 4.79 Å². The molecule has 0 aromatic heterocycles. The summed E-state index contributed by atoms with van der Waals surface area (Å²) in [6.07, 6.45) is 11.1. The quantitative estimate of drug-likeness (QED) is 0.0601. The van der Waals surface area contributed by atoms with Crippen LogP contribution in [0.4, 0.5) is 0 Å². The van der Waals surface area contributed by atoms with Crippen molar-refractivity contribution in [3.05, 3.63) is 36.0 Å². The highest BCUT2D eigenvalue weighted by Gasteiger charge is 2.46. The summed E-state index contributed by atoms with van der Waals surface area (Å²) >= 11 is 6.36. The van der Waals surface area contributed by atoms with Crippen molar-refractivity contribution in [3.63, 3.8) is 0 Å². The SMILES string of the molecule is COC(=O)/C=C/C=C/[C@H](C)[C@H](CC/C(C)=C\C(CCl)O[Si](C(C)C)(C(C)C)C(C)C)OC. The van der Waals surface area contributed by atoms with Gasteiger partial charge in [0, 0.05) is 19.1 Å². The Morgan fingerprint density at radius 2 is 1.53 bits per heavy atom. The Morgan fingerprint density at radius 3 is 1.97 bits per heavy atom. The summed E-state index contributed by atoms with van der Waals surface area (Å²) in [6, 6.07) is 0. The van der Waals surface area contributed by atoms with Gasteiger partial charge in [0.05, 0.1) is 25.2 Å². The van der Waals surface area contributed by atoms with E-state index in [0.29, 0.717) is 22.5 Å². The Balaban J connectivity index is 5.16. The minimum absolute atomic E-state index is 0.0580. The number of halogens is 1. The average Bonchev–Trinajstić information content (AvgIpc) is 2.73. The number of carbonyl (C=O) groups is 1.